The van der Waals surface area contributed by atoms with Gasteiger partial charge in [0.25, 0.3) is 0 Å². The summed E-state index contributed by atoms with van der Waals surface area (Å²) in [6.45, 7) is 2.70. The number of hydrogen-bond acceptors (Lipinski definition) is 5. The molecule has 2 aromatic carbocycles. The number of rotatable bonds is 7. The van der Waals surface area contributed by atoms with Crippen LogP contribution in [0.25, 0.3) is 0 Å². The SMILES string of the molecule is C/C(CC(=O)Nc1ccc2c(c1)OCCO2)=N\NC(=O)CCc1ccccc1. The van der Waals surface area contributed by atoms with Crippen LogP contribution in [0, 0.1) is 0 Å². The molecule has 2 N–H and O–H groups in total. The van der Waals surface area contributed by atoms with E-state index in [0.29, 0.717) is 49.0 Å². The molecule has 1 aliphatic heterocycles. The van der Waals surface area contributed by atoms with Crippen LogP contribution >= 0.6 is 0 Å². The molecule has 1 aliphatic rings. The third kappa shape index (κ3) is 5.84. The van der Waals surface area contributed by atoms with Gasteiger partial charge >= 0.3 is 0 Å². The van der Waals surface area contributed by atoms with E-state index in [-0.39, 0.29) is 18.2 Å². The summed E-state index contributed by atoms with van der Waals surface area (Å²) in [5.74, 6) is 0.868. The zero-order valence-electron chi connectivity index (χ0n) is 15.7. The molecule has 0 aliphatic carbocycles. The van der Waals surface area contributed by atoms with Crippen LogP contribution in [0.4, 0.5) is 5.69 Å². The molecule has 2 aromatic rings. The number of ether oxygens (including phenoxy) is 2. The molecule has 0 radical (unpaired) electrons. The summed E-state index contributed by atoms with van der Waals surface area (Å²) in [6.07, 6.45) is 1.06. The minimum absolute atomic E-state index is 0.0768. The summed E-state index contributed by atoms with van der Waals surface area (Å²) in [4.78, 5) is 24.1. The Balaban J connectivity index is 1.43. The fraction of sp³-hybridized carbons (Fsp3) is 0.286. The standard InChI is InChI=1S/C21H23N3O4/c1-15(23-24-20(25)10-7-16-5-3-2-4-6-16)13-21(26)22-17-8-9-18-19(14-17)28-12-11-27-18/h2-6,8-9,14H,7,10-13H2,1H3,(H,22,26)(H,24,25)/b23-15+. The summed E-state index contributed by atoms with van der Waals surface area (Å²) in [5, 5.41) is 6.79. The van der Waals surface area contributed by atoms with Crippen molar-refractivity contribution < 1.29 is 19.1 Å². The van der Waals surface area contributed by atoms with Crippen molar-refractivity contribution in [3.8, 4) is 11.5 Å². The van der Waals surface area contributed by atoms with E-state index < -0.39 is 0 Å². The maximum Gasteiger partial charge on any atom is 0.240 e. The van der Waals surface area contributed by atoms with Crippen LogP contribution in [0.2, 0.25) is 0 Å². The van der Waals surface area contributed by atoms with Crippen molar-refractivity contribution in [1.82, 2.24) is 5.43 Å². The van der Waals surface area contributed by atoms with Crippen molar-refractivity contribution in [3.05, 3.63) is 54.1 Å². The smallest absolute Gasteiger partial charge is 0.240 e. The minimum Gasteiger partial charge on any atom is -0.486 e. The Kier molecular flexibility index (Phi) is 6.62. The number of aryl methyl sites for hydroxylation is 1. The molecule has 7 nitrogen and oxygen atoms in total. The van der Waals surface area contributed by atoms with Gasteiger partial charge in [-0.05, 0) is 31.0 Å². The Hall–Kier alpha value is -3.35. The summed E-state index contributed by atoms with van der Waals surface area (Å²) in [6, 6.07) is 15.0. The Morgan fingerprint density at radius 1 is 1.00 bits per heavy atom. The summed E-state index contributed by atoms with van der Waals surface area (Å²) in [5.41, 5.74) is 4.73. The highest BCUT2D eigenvalue weighted by Crippen LogP contribution is 2.32. The quantitative estimate of drug-likeness (QED) is 0.570. The van der Waals surface area contributed by atoms with Crippen molar-refractivity contribution in [3.63, 3.8) is 0 Å². The van der Waals surface area contributed by atoms with Crippen molar-refractivity contribution in [2.24, 2.45) is 5.10 Å². The van der Waals surface area contributed by atoms with Gasteiger partial charge in [0.2, 0.25) is 11.8 Å². The summed E-state index contributed by atoms with van der Waals surface area (Å²) in [7, 11) is 0. The summed E-state index contributed by atoms with van der Waals surface area (Å²) >= 11 is 0. The minimum atomic E-state index is -0.225. The molecule has 0 spiro atoms. The lowest BCUT2D eigenvalue weighted by molar-refractivity contribution is -0.121. The fourth-order valence-electron chi connectivity index (χ4n) is 2.71. The van der Waals surface area contributed by atoms with E-state index in [2.05, 4.69) is 15.8 Å². The molecule has 146 valence electrons. The van der Waals surface area contributed by atoms with Crippen LogP contribution in [-0.2, 0) is 16.0 Å². The second-order valence-corrected chi connectivity index (χ2v) is 6.45. The lowest BCUT2D eigenvalue weighted by Gasteiger charge is -2.19. The van der Waals surface area contributed by atoms with Gasteiger partial charge in [-0.1, -0.05) is 30.3 Å². The molecule has 3 rings (SSSR count). The van der Waals surface area contributed by atoms with Crippen molar-refractivity contribution >= 4 is 23.2 Å². The number of fused-ring (bicyclic) bond motifs is 1. The summed E-state index contributed by atoms with van der Waals surface area (Å²) < 4.78 is 11.0. The monoisotopic (exact) mass is 381 g/mol. The largest absolute Gasteiger partial charge is 0.486 e. The molecule has 0 bridgehead atoms. The van der Waals surface area contributed by atoms with E-state index in [1.807, 2.05) is 30.3 Å². The fourth-order valence-corrected chi connectivity index (χ4v) is 2.71. The Morgan fingerprint density at radius 3 is 2.54 bits per heavy atom. The highest BCUT2D eigenvalue weighted by Gasteiger charge is 2.13. The van der Waals surface area contributed by atoms with E-state index in [4.69, 9.17) is 9.47 Å². The van der Waals surface area contributed by atoms with Gasteiger partial charge in [0.1, 0.15) is 13.2 Å². The molecule has 7 heteroatoms. The van der Waals surface area contributed by atoms with Crippen LogP contribution in [0.15, 0.2) is 53.6 Å². The first-order valence-corrected chi connectivity index (χ1v) is 9.15. The zero-order chi connectivity index (χ0) is 19.8. The molecule has 1 heterocycles. The molecule has 2 amide bonds. The van der Waals surface area contributed by atoms with Gasteiger partial charge in [-0.2, -0.15) is 5.10 Å². The highest BCUT2D eigenvalue weighted by molar-refractivity contribution is 6.05. The van der Waals surface area contributed by atoms with Gasteiger partial charge in [0.05, 0.1) is 6.42 Å². The third-order valence-corrected chi connectivity index (χ3v) is 4.10. The van der Waals surface area contributed by atoms with E-state index >= 15 is 0 Å². The molecule has 0 fully saturated rings. The third-order valence-electron chi connectivity index (χ3n) is 4.10. The van der Waals surface area contributed by atoms with Crippen LogP contribution in [0.3, 0.4) is 0 Å². The average Bonchev–Trinajstić information content (AvgIpc) is 2.71. The first kappa shape index (κ1) is 19.4. The van der Waals surface area contributed by atoms with Crippen molar-refractivity contribution in [2.75, 3.05) is 18.5 Å². The van der Waals surface area contributed by atoms with Gasteiger partial charge in [-0.15, -0.1) is 0 Å². The molecule has 0 saturated heterocycles. The maximum atomic E-state index is 12.2. The van der Waals surface area contributed by atoms with E-state index in [0.717, 1.165) is 5.56 Å². The number of amides is 2. The number of hydrazone groups is 1. The number of nitrogens with one attached hydrogen (secondary N) is 2. The first-order valence-electron chi connectivity index (χ1n) is 9.15. The highest BCUT2D eigenvalue weighted by atomic mass is 16.6. The molecule has 0 unspecified atom stereocenters. The van der Waals surface area contributed by atoms with Crippen LogP contribution in [-0.4, -0.2) is 30.7 Å². The number of carbonyl (C=O) groups excluding carboxylic acids is 2. The number of hydrogen-bond donors (Lipinski definition) is 2. The van der Waals surface area contributed by atoms with Crippen LogP contribution < -0.4 is 20.2 Å². The van der Waals surface area contributed by atoms with Gasteiger partial charge in [0.15, 0.2) is 11.5 Å². The van der Waals surface area contributed by atoms with Gasteiger partial charge in [-0.25, -0.2) is 5.43 Å². The van der Waals surface area contributed by atoms with Gasteiger partial charge in [-0.3, -0.25) is 9.59 Å². The predicted octanol–water partition coefficient (Wildman–Crippen LogP) is 2.91. The van der Waals surface area contributed by atoms with Crippen LogP contribution in [0.1, 0.15) is 25.3 Å². The number of anilines is 1. The second kappa shape index (κ2) is 9.55. The van der Waals surface area contributed by atoms with E-state index in [1.54, 1.807) is 25.1 Å². The molecule has 0 aromatic heterocycles. The van der Waals surface area contributed by atoms with Crippen molar-refractivity contribution in [1.29, 1.82) is 0 Å². The molecular weight excluding hydrogens is 358 g/mol. The first-order chi connectivity index (χ1) is 13.6. The number of benzene rings is 2. The molecule has 0 atom stereocenters. The molecular formula is C21H23N3O4. The maximum absolute atomic E-state index is 12.2. The second-order valence-electron chi connectivity index (χ2n) is 6.45. The molecule has 0 saturated carbocycles. The Bertz CT molecular complexity index is 865. The Morgan fingerprint density at radius 2 is 1.75 bits per heavy atom. The topological polar surface area (TPSA) is 89.0 Å². The van der Waals surface area contributed by atoms with Crippen LogP contribution in [0.5, 0.6) is 11.5 Å². The van der Waals surface area contributed by atoms with Crippen molar-refractivity contribution in [2.45, 2.75) is 26.2 Å². The lowest BCUT2D eigenvalue weighted by atomic mass is 10.1. The average molecular weight is 381 g/mol. The normalized spacial score (nSPS) is 13.0. The number of carbonyl (C=O) groups is 2. The molecule has 28 heavy (non-hydrogen) atoms. The number of nitrogens with zero attached hydrogens (tertiary/aromatic N) is 1. The van der Waals surface area contributed by atoms with E-state index in [1.165, 1.54) is 0 Å². The van der Waals surface area contributed by atoms with Gasteiger partial charge in [0, 0.05) is 23.9 Å². The lowest BCUT2D eigenvalue weighted by Crippen LogP contribution is -2.21. The predicted molar refractivity (Wildman–Crippen MR) is 107 cm³/mol. The van der Waals surface area contributed by atoms with E-state index in [9.17, 15) is 9.59 Å². The zero-order valence-corrected chi connectivity index (χ0v) is 15.7. The Labute approximate surface area is 163 Å². The van der Waals surface area contributed by atoms with Gasteiger partial charge < -0.3 is 14.8 Å².